The number of aromatic nitrogens is 2. The number of rotatable bonds is 1. The summed E-state index contributed by atoms with van der Waals surface area (Å²) in [6.07, 6.45) is 3.14. The molecule has 3 rings (SSSR count). The zero-order valence-electron chi connectivity index (χ0n) is 9.37. The summed E-state index contributed by atoms with van der Waals surface area (Å²) < 4.78 is 1.97. The van der Waals surface area contributed by atoms with Crippen LogP contribution in [0.5, 0.6) is 5.75 Å². The van der Waals surface area contributed by atoms with Gasteiger partial charge in [-0.15, -0.1) is 0 Å². The SMILES string of the molecule is Oc1ccccc1-c1cn2c(n1)C(O)CCC2. The minimum Gasteiger partial charge on any atom is -0.507 e. The minimum atomic E-state index is -0.483. The average Bonchev–Trinajstić information content (AvgIpc) is 2.75. The van der Waals surface area contributed by atoms with Gasteiger partial charge >= 0.3 is 0 Å². The van der Waals surface area contributed by atoms with E-state index in [4.69, 9.17) is 0 Å². The number of nitrogens with zero attached hydrogens (tertiary/aromatic N) is 2. The predicted molar refractivity (Wildman–Crippen MR) is 63.5 cm³/mol. The topological polar surface area (TPSA) is 58.3 Å². The third-order valence-corrected chi connectivity index (χ3v) is 3.16. The summed E-state index contributed by atoms with van der Waals surface area (Å²) in [7, 11) is 0. The third kappa shape index (κ3) is 1.70. The number of hydrogen-bond acceptors (Lipinski definition) is 3. The molecule has 1 atom stereocenters. The van der Waals surface area contributed by atoms with Crippen LogP contribution >= 0.6 is 0 Å². The van der Waals surface area contributed by atoms with Crippen LogP contribution in [0, 0.1) is 0 Å². The van der Waals surface area contributed by atoms with Crippen molar-refractivity contribution in [1.29, 1.82) is 0 Å². The molecule has 0 radical (unpaired) electrons. The maximum absolute atomic E-state index is 9.85. The summed E-state index contributed by atoms with van der Waals surface area (Å²) in [6, 6.07) is 7.12. The van der Waals surface area contributed by atoms with E-state index in [0.29, 0.717) is 11.4 Å². The van der Waals surface area contributed by atoms with Gasteiger partial charge in [0.05, 0.1) is 5.69 Å². The molecule has 2 N–H and O–H groups in total. The molecule has 0 aliphatic carbocycles. The lowest BCUT2D eigenvalue weighted by atomic mass is 10.1. The van der Waals surface area contributed by atoms with Crippen LogP contribution in [0.25, 0.3) is 11.3 Å². The Labute approximate surface area is 99.2 Å². The van der Waals surface area contributed by atoms with Crippen molar-refractivity contribution in [2.24, 2.45) is 0 Å². The van der Waals surface area contributed by atoms with Crippen LogP contribution in [0.3, 0.4) is 0 Å². The molecule has 1 aromatic heterocycles. The summed E-state index contributed by atoms with van der Waals surface area (Å²) in [5, 5.41) is 19.6. The van der Waals surface area contributed by atoms with Gasteiger partial charge in [0.2, 0.25) is 0 Å². The fraction of sp³-hybridized carbons (Fsp3) is 0.308. The Morgan fingerprint density at radius 1 is 1.29 bits per heavy atom. The molecule has 88 valence electrons. The van der Waals surface area contributed by atoms with Crippen molar-refractivity contribution in [1.82, 2.24) is 9.55 Å². The molecule has 4 heteroatoms. The number of phenols is 1. The second-order valence-electron chi connectivity index (χ2n) is 4.35. The first-order valence-corrected chi connectivity index (χ1v) is 5.79. The highest BCUT2D eigenvalue weighted by atomic mass is 16.3. The molecule has 0 bridgehead atoms. The molecule has 0 saturated heterocycles. The van der Waals surface area contributed by atoms with Gasteiger partial charge in [0, 0.05) is 18.3 Å². The van der Waals surface area contributed by atoms with E-state index in [0.717, 1.165) is 25.1 Å². The van der Waals surface area contributed by atoms with E-state index in [1.807, 2.05) is 22.9 Å². The van der Waals surface area contributed by atoms with Gasteiger partial charge in [0.1, 0.15) is 17.7 Å². The molecule has 4 nitrogen and oxygen atoms in total. The third-order valence-electron chi connectivity index (χ3n) is 3.16. The summed E-state index contributed by atoms with van der Waals surface area (Å²) in [5.74, 6) is 0.923. The van der Waals surface area contributed by atoms with Crippen molar-refractivity contribution >= 4 is 0 Å². The van der Waals surface area contributed by atoms with E-state index in [2.05, 4.69) is 4.98 Å². The lowest BCUT2D eigenvalue weighted by molar-refractivity contribution is 0.134. The quantitative estimate of drug-likeness (QED) is 0.788. The van der Waals surface area contributed by atoms with Crippen molar-refractivity contribution in [3.05, 3.63) is 36.3 Å². The van der Waals surface area contributed by atoms with Crippen molar-refractivity contribution in [3.63, 3.8) is 0 Å². The van der Waals surface area contributed by atoms with Crippen LogP contribution in [0.1, 0.15) is 24.8 Å². The molecular weight excluding hydrogens is 216 g/mol. The molecule has 1 aliphatic heterocycles. The first kappa shape index (κ1) is 10.4. The standard InChI is InChI=1S/C13H14N2O2/c16-11-5-2-1-4-9(11)10-8-15-7-3-6-12(17)13(15)14-10/h1-2,4-5,8,12,16-17H,3,6-7H2. The van der Waals surface area contributed by atoms with E-state index in [9.17, 15) is 10.2 Å². The first-order valence-electron chi connectivity index (χ1n) is 5.79. The highest BCUT2D eigenvalue weighted by Crippen LogP contribution is 2.31. The van der Waals surface area contributed by atoms with Gasteiger partial charge in [-0.1, -0.05) is 12.1 Å². The largest absolute Gasteiger partial charge is 0.507 e. The van der Waals surface area contributed by atoms with Crippen molar-refractivity contribution in [3.8, 4) is 17.0 Å². The monoisotopic (exact) mass is 230 g/mol. The van der Waals surface area contributed by atoms with E-state index < -0.39 is 6.10 Å². The van der Waals surface area contributed by atoms with Crippen LogP contribution in [-0.2, 0) is 6.54 Å². The fourth-order valence-corrected chi connectivity index (χ4v) is 2.28. The Hall–Kier alpha value is -1.81. The van der Waals surface area contributed by atoms with E-state index >= 15 is 0 Å². The molecule has 0 spiro atoms. The van der Waals surface area contributed by atoms with Crippen LogP contribution < -0.4 is 0 Å². The Morgan fingerprint density at radius 3 is 2.88 bits per heavy atom. The molecule has 1 aliphatic rings. The number of aryl methyl sites for hydroxylation is 1. The minimum absolute atomic E-state index is 0.220. The van der Waals surface area contributed by atoms with Gasteiger partial charge in [-0.05, 0) is 25.0 Å². The van der Waals surface area contributed by atoms with Crippen molar-refractivity contribution in [2.45, 2.75) is 25.5 Å². The highest BCUT2D eigenvalue weighted by molar-refractivity contribution is 5.66. The van der Waals surface area contributed by atoms with Gasteiger partial charge < -0.3 is 14.8 Å². The Bertz CT molecular complexity index is 548. The molecule has 1 aromatic carbocycles. The highest BCUT2D eigenvalue weighted by Gasteiger charge is 2.21. The predicted octanol–water partition coefficient (Wildman–Crippen LogP) is 2.08. The zero-order chi connectivity index (χ0) is 11.8. The van der Waals surface area contributed by atoms with Gasteiger partial charge in [-0.2, -0.15) is 0 Å². The Kier molecular flexibility index (Phi) is 2.37. The van der Waals surface area contributed by atoms with Crippen LogP contribution in [0.2, 0.25) is 0 Å². The molecule has 2 heterocycles. The molecule has 1 unspecified atom stereocenters. The number of imidazole rings is 1. The van der Waals surface area contributed by atoms with Crippen molar-refractivity contribution in [2.75, 3.05) is 0 Å². The van der Waals surface area contributed by atoms with Gasteiger partial charge in [0.25, 0.3) is 0 Å². The van der Waals surface area contributed by atoms with Crippen LogP contribution in [0.15, 0.2) is 30.5 Å². The lowest BCUT2D eigenvalue weighted by Gasteiger charge is -2.18. The summed E-state index contributed by atoms with van der Waals surface area (Å²) in [4.78, 5) is 4.42. The summed E-state index contributed by atoms with van der Waals surface area (Å²) in [5.41, 5.74) is 1.43. The molecule has 17 heavy (non-hydrogen) atoms. The first-order chi connectivity index (χ1) is 8.25. The lowest BCUT2D eigenvalue weighted by Crippen LogP contribution is -2.14. The van der Waals surface area contributed by atoms with E-state index in [1.165, 1.54) is 0 Å². The van der Waals surface area contributed by atoms with Gasteiger partial charge in [-0.25, -0.2) is 4.98 Å². The fourth-order valence-electron chi connectivity index (χ4n) is 2.28. The number of aliphatic hydroxyl groups is 1. The van der Waals surface area contributed by atoms with Crippen LogP contribution in [0.4, 0.5) is 0 Å². The van der Waals surface area contributed by atoms with Gasteiger partial charge in [0.15, 0.2) is 0 Å². The molecule has 0 fully saturated rings. The maximum atomic E-state index is 9.85. The second-order valence-corrected chi connectivity index (χ2v) is 4.35. The number of hydrogen-bond donors (Lipinski definition) is 2. The van der Waals surface area contributed by atoms with Gasteiger partial charge in [-0.3, -0.25) is 0 Å². The van der Waals surface area contributed by atoms with E-state index in [1.54, 1.807) is 12.1 Å². The molecule has 2 aromatic rings. The smallest absolute Gasteiger partial charge is 0.138 e. The normalized spacial score (nSPS) is 19.0. The maximum Gasteiger partial charge on any atom is 0.138 e. The second kappa shape index (κ2) is 3.89. The summed E-state index contributed by atoms with van der Waals surface area (Å²) >= 11 is 0. The average molecular weight is 230 g/mol. The van der Waals surface area contributed by atoms with Crippen molar-refractivity contribution < 1.29 is 10.2 Å². The zero-order valence-corrected chi connectivity index (χ0v) is 9.37. The van der Waals surface area contributed by atoms with E-state index in [-0.39, 0.29) is 5.75 Å². The Balaban J connectivity index is 2.08. The number of fused-ring (bicyclic) bond motifs is 1. The van der Waals surface area contributed by atoms with Crippen LogP contribution in [-0.4, -0.2) is 19.8 Å². The summed E-state index contributed by atoms with van der Waals surface area (Å²) in [6.45, 7) is 0.882. The number of phenolic OH excluding ortho intramolecular Hbond substituents is 1. The molecule has 0 amide bonds. The number of aromatic hydroxyl groups is 1. The number of benzene rings is 1. The molecular formula is C13H14N2O2. The Morgan fingerprint density at radius 2 is 2.12 bits per heavy atom. The number of aliphatic hydroxyl groups excluding tert-OH is 1. The molecule has 0 saturated carbocycles. The number of para-hydroxylation sites is 1.